The summed E-state index contributed by atoms with van der Waals surface area (Å²) in [5.74, 6) is 0.0575. The molecule has 0 radical (unpaired) electrons. The summed E-state index contributed by atoms with van der Waals surface area (Å²) in [7, 11) is 0. The van der Waals surface area contributed by atoms with Crippen LogP contribution in [0.1, 0.15) is 65.2 Å². The number of rotatable bonds is 7. The molecule has 0 aromatic rings. The zero-order chi connectivity index (χ0) is 13.4. The van der Waals surface area contributed by atoms with Gasteiger partial charge in [0, 0.05) is 0 Å². The lowest BCUT2D eigenvalue weighted by Crippen LogP contribution is -2.32. The Labute approximate surface area is 111 Å². The maximum Gasteiger partial charge on any atom is 0.311 e. The van der Waals surface area contributed by atoms with Gasteiger partial charge in [-0.2, -0.15) is 0 Å². The molecule has 0 aromatic carbocycles. The summed E-state index contributed by atoms with van der Waals surface area (Å²) >= 11 is 0. The lowest BCUT2D eigenvalue weighted by molar-refractivity contribution is -0.153. The average molecular weight is 256 g/mol. The van der Waals surface area contributed by atoms with Crippen molar-refractivity contribution in [2.45, 2.75) is 71.3 Å². The summed E-state index contributed by atoms with van der Waals surface area (Å²) in [4.78, 5) is 11.8. The van der Waals surface area contributed by atoms with E-state index >= 15 is 0 Å². The van der Waals surface area contributed by atoms with Gasteiger partial charge in [-0.1, -0.05) is 45.4 Å². The van der Waals surface area contributed by atoms with Gasteiger partial charge in [0.2, 0.25) is 0 Å². The lowest BCUT2D eigenvalue weighted by atomic mass is 9.82. The van der Waals surface area contributed by atoms with Crippen LogP contribution in [0.5, 0.6) is 0 Å². The van der Waals surface area contributed by atoms with Gasteiger partial charge in [0.15, 0.2) is 0 Å². The van der Waals surface area contributed by atoms with Crippen LogP contribution in [0, 0.1) is 11.8 Å². The SMILES string of the molecule is CCCC(C(=O)OCC)C(O)CC1CCCCC1. The van der Waals surface area contributed by atoms with Crippen molar-refractivity contribution in [3.05, 3.63) is 0 Å². The molecule has 1 aliphatic carbocycles. The molecule has 2 unspecified atom stereocenters. The lowest BCUT2D eigenvalue weighted by Gasteiger charge is -2.27. The smallest absolute Gasteiger partial charge is 0.311 e. The van der Waals surface area contributed by atoms with Gasteiger partial charge in [0.05, 0.1) is 18.6 Å². The van der Waals surface area contributed by atoms with Gasteiger partial charge in [-0.15, -0.1) is 0 Å². The molecular weight excluding hydrogens is 228 g/mol. The molecular formula is C15H28O3. The molecule has 18 heavy (non-hydrogen) atoms. The number of esters is 1. The van der Waals surface area contributed by atoms with Crippen molar-refractivity contribution in [2.75, 3.05) is 6.61 Å². The second-order valence-corrected chi connectivity index (χ2v) is 5.45. The highest BCUT2D eigenvalue weighted by Gasteiger charge is 2.29. The fourth-order valence-electron chi connectivity index (χ4n) is 2.96. The molecule has 3 heteroatoms. The molecule has 3 nitrogen and oxygen atoms in total. The zero-order valence-corrected chi connectivity index (χ0v) is 11.9. The topological polar surface area (TPSA) is 46.5 Å². The van der Waals surface area contributed by atoms with E-state index in [0.717, 1.165) is 19.3 Å². The number of hydrogen-bond donors (Lipinski definition) is 1. The fraction of sp³-hybridized carbons (Fsp3) is 0.933. The number of ether oxygens (including phenoxy) is 1. The first-order valence-electron chi connectivity index (χ1n) is 7.53. The molecule has 1 aliphatic rings. The minimum atomic E-state index is -0.521. The van der Waals surface area contributed by atoms with Gasteiger partial charge in [0.1, 0.15) is 0 Å². The average Bonchev–Trinajstić information content (AvgIpc) is 2.37. The molecule has 1 N–H and O–H groups in total. The number of aliphatic hydroxyl groups is 1. The second kappa shape index (κ2) is 8.52. The molecule has 0 aromatic heterocycles. The molecule has 0 aliphatic heterocycles. The number of aliphatic hydroxyl groups excluding tert-OH is 1. The monoisotopic (exact) mass is 256 g/mol. The highest BCUT2D eigenvalue weighted by atomic mass is 16.5. The summed E-state index contributed by atoms with van der Waals surface area (Å²) in [5.41, 5.74) is 0. The Morgan fingerprint density at radius 3 is 2.50 bits per heavy atom. The first kappa shape index (κ1) is 15.5. The van der Waals surface area contributed by atoms with E-state index in [1.807, 2.05) is 13.8 Å². The van der Waals surface area contributed by atoms with Gasteiger partial charge in [-0.3, -0.25) is 4.79 Å². The predicted molar refractivity (Wildman–Crippen MR) is 72.2 cm³/mol. The van der Waals surface area contributed by atoms with E-state index in [4.69, 9.17) is 4.74 Å². The van der Waals surface area contributed by atoms with Crippen LogP contribution in [0.15, 0.2) is 0 Å². The first-order chi connectivity index (χ1) is 8.69. The van der Waals surface area contributed by atoms with E-state index in [9.17, 15) is 9.90 Å². The van der Waals surface area contributed by atoms with Crippen molar-refractivity contribution in [1.82, 2.24) is 0 Å². The summed E-state index contributed by atoms with van der Waals surface area (Å²) < 4.78 is 5.07. The summed E-state index contributed by atoms with van der Waals surface area (Å²) in [6, 6.07) is 0. The van der Waals surface area contributed by atoms with Gasteiger partial charge in [-0.05, 0) is 25.7 Å². The normalized spacial score (nSPS) is 20.4. The Bertz CT molecular complexity index is 234. The second-order valence-electron chi connectivity index (χ2n) is 5.45. The highest BCUT2D eigenvalue weighted by molar-refractivity contribution is 5.73. The van der Waals surface area contributed by atoms with Crippen molar-refractivity contribution < 1.29 is 14.6 Å². The molecule has 106 valence electrons. The molecule has 1 saturated carbocycles. The Kier molecular flexibility index (Phi) is 7.33. The van der Waals surface area contributed by atoms with Gasteiger partial charge in [0.25, 0.3) is 0 Å². The third-order valence-corrected chi connectivity index (χ3v) is 3.95. The first-order valence-corrected chi connectivity index (χ1v) is 7.53. The molecule has 1 rings (SSSR count). The van der Waals surface area contributed by atoms with Crippen LogP contribution in [0.2, 0.25) is 0 Å². The fourth-order valence-corrected chi connectivity index (χ4v) is 2.96. The van der Waals surface area contributed by atoms with E-state index in [-0.39, 0.29) is 11.9 Å². The summed E-state index contributed by atoms with van der Waals surface area (Å²) in [6.07, 6.45) is 8.17. The van der Waals surface area contributed by atoms with Crippen molar-refractivity contribution in [1.29, 1.82) is 0 Å². The van der Waals surface area contributed by atoms with Crippen LogP contribution in [-0.4, -0.2) is 23.8 Å². The van der Waals surface area contributed by atoms with E-state index in [0.29, 0.717) is 12.5 Å². The van der Waals surface area contributed by atoms with Crippen LogP contribution in [0.3, 0.4) is 0 Å². The Hall–Kier alpha value is -0.570. The minimum absolute atomic E-state index is 0.220. The van der Waals surface area contributed by atoms with Crippen LogP contribution in [-0.2, 0) is 9.53 Å². The van der Waals surface area contributed by atoms with E-state index < -0.39 is 6.10 Å². The van der Waals surface area contributed by atoms with Crippen molar-refractivity contribution in [3.8, 4) is 0 Å². The molecule has 0 spiro atoms. The van der Waals surface area contributed by atoms with Crippen molar-refractivity contribution >= 4 is 5.97 Å². The van der Waals surface area contributed by atoms with Gasteiger partial charge < -0.3 is 9.84 Å². The third kappa shape index (κ3) is 4.97. The largest absolute Gasteiger partial charge is 0.466 e. The predicted octanol–water partition coefficient (Wildman–Crippen LogP) is 3.30. The molecule has 0 heterocycles. The summed E-state index contributed by atoms with van der Waals surface area (Å²) in [5, 5.41) is 10.3. The van der Waals surface area contributed by atoms with Crippen LogP contribution in [0.25, 0.3) is 0 Å². The van der Waals surface area contributed by atoms with E-state index in [1.165, 1.54) is 32.1 Å². The van der Waals surface area contributed by atoms with Crippen LogP contribution >= 0.6 is 0 Å². The molecule has 1 fully saturated rings. The molecule has 2 atom stereocenters. The van der Waals surface area contributed by atoms with Crippen molar-refractivity contribution in [2.24, 2.45) is 11.8 Å². The van der Waals surface area contributed by atoms with Crippen LogP contribution < -0.4 is 0 Å². The number of carbonyl (C=O) groups excluding carboxylic acids is 1. The molecule has 0 bridgehead atoms. The maximum absolute atomic E-state index is 11.8. The minimum Gasteiger partial charge on any atom is -0.466 e. The van der Waals surface area contributed by atoms with Crippen molar-refractivity contribution in [3.63, 3.8) is 0 Å². The van der Waals surface area contributed by atoms with E-state index in [2.05, 4.69) is 0 Å². The summed E-state index contributed by atoms with van der Waals surface area (Å²) in [6.45, 7) is 4.25. The Morgan fingerprint density at radius 1 is 1.28 bits per heavy atom. The maximum atomic E-state index is 11.8. The number of hydrogen-bond acceptors (Lipinski definition) is 3. The standard InChI is InChI=1S/C15H28O3/c1-3-8-13(15(17)18-4-2)14(16)11-12-9-6-5-7-10-12/h12-14,16H,3-11H2,1-2H3. The van der Waals surface area contributed by atoms with Crippen LogP contribution in [0.4, 0.5) is 0 Å². The quantitative estimate of drug-likeness (QED) is 0.711. The highest BCUT2D eigenvalue weighted by Crippen LogP contribution is 2.30. The Morgan fingerprint density at radius 2 is 1.94 bits per heavy atom. The number of carbonyl (C=O) groups is 1. The Balaban J connectivity index is 2.46. The van der Waals surface area contributed by atoms with Gasteiger partial charge >= 0.3 is 5.97 Å². The van der Waals surface area contributed by atoms with E-state index in [1.54, 1.807) is 0 Å². The molecule has 0 amide bonds. The zero-order valence-electron chi connectivity index (χ0n) is 11.9. The third-order valence-electron chi connectivity index (χ3n) is 3.95. The molecule has 0 saturated heterocycles. The van der Waals surface area contributed by atoms with Gasteiger partial charge in [-0.25, -0.2) is 0 Å².